The minimum atomic E-state index is -1.59. The van der Waals surface area contributed by atoms with Crippen LogP contribution in [0.5, 0.6) is 0 Å². The molecule has 0 unspecified atom stereocenters. The van der Waals surface area contributed by atoms with Crippen LogP contribution in [0.1, 0.15) is 86.1 Å². The van der Waals surface area contributed by atoms with Crippen molar-refractivity contribution < 1.29 is 19.8 Å². The number of carbonyl (C=O) groups is 2. The van der Waals surface area contributed by atoms with E-state index >= 15 is 0 Å². The van der Waals surface area contributed by atoms with E-state index in [1.807, 2.05) is 152 Å². The maximum absolute atomic E-state index is 14.3. The Morgan fingerprint density at radius 1 is 0.469 bits per heavy atom. The Labute approximate surface area is 293 Å². The van der Waals surface area contributed by atoms with Gasteiger partial charge >= 0.3 is 0 Å². The fraction of sp³-hybridized carbons (Fsp3) is 0.395. The Kier molecular flexibility index (Phi) is 11.3. The van der Waals surface area contributed by atoms with Crippen LogP contribution in [0.4, 0.5) is 0 Å². The molecule has 260 valence electrons. The first-order chi connectivity index (χ1) is 22.9. The number of aryl methyl sites for hydroxylation is 4. The monoisotopic (exact) mass is 662 g/mol. The van der Waals surface area contributed by atoms with Gasteiger partial charge in [0.25, 0.3) is 0 Å². The van der Waals surface area contributed by atoms with E-state index in [1.54, 1.807) is 13.8 Å². The van der Waals surface area contributed by atoms with Crippen LogP contribution in [0.2, 0.25) is 0 Å². The van der Waals surface area contributed by atoms with Crippen LogP contribution >= 0.6 is 0 Å². The van der Waals surface area contributed by atoms with Crippen LogP contribution < -0.4 is 10.6 Å². The maximum Gasteiger partial charge on any atom is 0.235 e. The molecule has 0 aliphatic carbocycles. The molecule has 4 N–H and O–H groups in total. The molecule has 4 aromatic rings. The van der Waals surface area contributed by atoms with Gasteiger partial charge in [-0.3, -0.25) is 9.59 Å². The molecule has 4 aromatic carbocycles. The SMILES string of the molecule is Cc1ccc(C(O)(c2ccc(C)cc2)[C@H](NC(=O)C(C)(C)C(=O)N[C@H](C(C)C)C(O)(c2ccc(C)cc2)c2ccc(C)cc2)C(C)C)cc1. The summed E-state index contributed by atoms with van der Waals surface area (Å²) in [6.45, 7) is 18.9. The second-order valence-corrected chi connectivity index (χ2v) is 15.0. The molecule has 0 saturated carbocycles. The Morgan fingerprint density at radius 2 is 0.673 bits per heavy atom. The molecule has 6 nitrogen and oxygen atoms in total. The number of hydrogen-bond donors (Lipinski definition) is 4. The van der Waals surface area contributed by atoms with E-state index in [1.165, 1.54) is 0 Å². The van der Waals surface area contributed by atoms with Crippen LogP contribution in [0, 0.1) is 44.9 Å². The predicted octanol–water partition coefficient (Wildman–Crippen LogP) is 7.40. The zero-order valence-electron chi connectivity index (χ0n) is 30.8. The van der Waals surface area contributed by atoms with Crippen molar-refractivity contribution in [1.82, 2.24) is 10.6 Å². The molecule has 0 aliphatic rings. The van der Waals surface area contributed by atoms with Gasteiger partial charge in [-0.25, -0.2) is 0 Å². The molecule has 0 spiro atoms. The van der Waals surface area contributed by atoms with Crippen LogP contribution in [-0.4, -0.2) is 34.1 Å². The first-order valence-corrected chi connectivity index (χ1v) is 17.3. The lowest BCUT2D eigenvalue weighted by atomic mass is 9.74. The van der Waals surface area contributed by atoms with Gasteiger partial charge in [0.1, 0.15) is 16.6 Å². The van der Waals surface area contributed by atoms with E-state index in [4.69, 9.17) is 0 Å². The fourth-order valence-corrected chi connectivity index (χ4v) is 6.54. The van der Waals surface area contributed by atoms with Gasteiger partial charge in [0, 0.05) is 0 Å². The van der Waals surface area contributed by atoms with E-state index in [9.17, 15) is 19.8 Å². The highest BCUT2D eigenvalue weighted by atomic mass is 16.3. The highest BCUT2D eigenvalue weighted by Crippen LogP contribution is 2.39. The van der Waals surface area contributed by atoms with Gasteiger partial charge in [0.15, 0.2) is 0 Å². The van der Waals surface area contributed by atoms with E-state index in [-0.39, 0.29) is 11.8 Å². The molecule has 49 heavy (non-hydrogen) atoms. The number of benzene rings is 4. The molecule has 0 fully saturated rings. The van der Waals surface area contributed by atoms with Crippen LogP contribution in [0.15, 0.2) is 97.1 Å². The number of amides is 2. The molecule has 2 atom stereocenters. The van der Waals surface area contributed by atoms with Crippen molar-refractivity contribution in [3.05, 3.63) is 142 Å². The molecule has 0 aliphatic heterocycles. The first kappa shape index (κ1) is 37.6. The molecule has 4 rings (SSSR count). The summed E-state index contributed by atoms with van der Waals surface area (Å²) in [6.07, 6.45) is 0. The third-order valence-corrected chi connectivity index (χ3v) is 9.91. The molecule has 6 heteroatoms. The summed E-state index contributed by atoms with van der Waals surface area (Å²) < 4.78 is 0. The molecular formula is C43H54N2O4. The minimum absolute atomic E-state index is 0.216. The second-order valence-electron chi connectivity index (χ2n) is 15.0. The van der Waals surface area contributed by atoms with E-state index in [2.05, 4.69) is 10.6 Å². The van der Waals surface area contributed by atoms with Crippen molar-refractivity contribution in [1.29, 1.82) is 0 Å². The summed E-state index contributed by atoms with van der Waals surface area (Å²) >= 11 is 0. The third-order valence-electron chi connectivity index (χ3n) is 9.91. The number of rotatable bonds is 12. The minimum Gasteiger partial charge on any atom is -0.378 e. The largest absolute Gasteiger partial charge is 0.378 e. The third kappa shape index (κ3) is 7.66. The molecule has 0 saturated heterocycles. The maximum atomic E-state index is 14.3. The van der Waals surface area contributed by atoms with Gasteiger partial charge < -0.3 is 20.8 Å². The molecule has 2 amide bonds. The van der Waals surface area contributed by atoms with E-state index in [0.29, 0.717) is 22.3 Å². The highest BCUT2D eigenvalue weighted by molar-refractivity contribution is 6.04. The van der Waals surface area contributed by atoms with Gasteiger partial charge in [0.05, 0.1) is 12.1 Å². The smallest absolute Gasteiger partial charge is 0.235 e. The van der Waals surface area contributed by atoms with Gasteiger partial charge in [-0.05, 0) is 75.6 Å². The Morgan fingerprint density at radius 3 is 0.857 bits per heavy atom. The zero-order valence-corrected chi connectivity index (χ0v) is 30.8. The summed E-state index contributed by atoms with van der Waals surface area (Å²) in [4.78, 5) is 28.6. The first-order valence-electron chi connectivity index (χ1n) is 17.3. The van der Waals surface area contributed by atoms with Gasteiger partial charge in [-0.1, -0.05) is 147 Å². The lowest BCUT2D eigenvalue weighted by Gasteiger charge is -2.43. The van der Waals surface area contributed by atoms with Crippen molar-refractivity contribution in [3.8, 4) is 0 Å². The topological polar surface area (TPSA) is 98.7 Å². The number of nitrogens with one attached hydrogen (secondary N) is 2. The van der Waals surface area contributed by atoms with Crippen molar-refractivity contribution in [2.45, 2.75) is 92.5 Å². The summed E-state index contributed by atoms with van der Waals surface area (Å²) in [5.41, 5.74) is 2.03. The zero-order chi connectivity index (χ0) is 36.3. The van der Waals surface area contributed by atoms with E-state index < -0.39 is 40.5 Å². The second kappa shape index (κ2) is 14.7. The molecule has 0 bridgehead atoms. The summed E-state index contributed by atoms with van der Waals surface area (Å²) in [6, 6.07) is 29.1. The number of hydrogen-bond acceptors (Lipinski definition) is 4. The molecule has 0 radical (unpaired) electrons. The van der Waals surface area contributed by atoms with Crippen molar-refractivity contribution in [2.75, 3.05) is 0 Å². The standard InChI is InChI=1S/C43H54N2O4/c1-27(2)37(42(48,33-19-11-29(5)12-20-33)34-21-13-30(6)14-22-34)44-39(46)41(9,10)40(47)45-38(28(3)4)43(49,35-23-15-31(7)16-24-35)36-25-17-32(8)18-26-36/h11-28,37-38,48-49H,1-10H3,(H,44,46)(H,45,47)/t37-,38-/m1/s1. The normalized spacial score (nSPS) is 13.7. The van der Waals surface area contributed by atoms with Crippen molar-refractivity contribution in [2.24, 2.45) is 17.3 Å². The molecule has 0 aromatic heterocycles. The summed E-state index contributed by atoms with van der Waals surface area (Å²) in [5, 5.41) is 31.6. The van der Waals surface area contributed by atoms with Crippen molar-refractivity contribution >= 4 is 11.8 Å². The summed E-state index contributed by atoms with van der Waals surface area (Å²) in [5.74, 6) is -1.49. The Hall–Kier alpha value is -4.26. The predicted molar refractivity (Wildman–Crippen MR) is 198 cm³/mol. The van der Waals surface area contributed by atoms with Crippen molar-refractivity contribution in [3.63, 3.8) is 0 Å². The Bertz CT molecular complexity index is 1500. The number of aliphatic hydroxyl groups is 2. The van der Waals surface area contributed by atoms with E-state index in [0.717, 1.165) is 22.3 Å². The van der Waals surface area contributed by atoms with Gasteiger partial charge in [-0.15, -0.1) is 0 Å². The van der Waals surface area contributed by atoms with Crippen LogP contribution in [0.25, 0.3) is 0 Å². The average molecular weight is 663 g/mol. The quantitative estimate of drug-likeness (QED) is 0.119. The highest BCUT2D eigenvalue weighted by Gasteiger charge is 2.49. The lowest BCUT2D eigenvalue weighted by Crippen LogP contribution is -2.61. The summed E-state index contributed by atoms with van der Waals surface area (Å²) in [7, 11) is 0. The fourth-order valence-electron chi connectivity index (χ4n) is 6.54. The molecular weight excluding hydrogens is 608 g/mol. The average Bonchev–Trinajstić information content (AvgIpc) is 3.06. The number of carbonyl (C=O) groups excluding carboxylic acids is 2. The Balaban J connectivity index is 1.72. The van der Waals surface area contributed by atoms with Gasteiger partial charge in [-0.2, -0.15) is 0 Å². The van der Waals surface area contributed by atoms with Crippen LogP contribution in [-0.2, 0) is 20.8 Å². The molecule has 0 heterocycles. The van der Waals surface area contributed by atoms with Gasteiger partial charge in [0.2, 0.25) is 11.8 Å². The lowest BCUT2D eigenvalue weighted by molar-refractivity contribution is -0.145. The van der Waals surface area contributed by atoms with Crippen LogP contribution in [0.3, 0.4) is 0 Å².